The number of aliphatic hydroxyl groups is 1. The normalized spacial score (nSPS) is 13.7. The Kier molecular flexibility index (Phi) is 5.50. The van der Waals surface area contributed by atoms with Crippen molar-refractivity contribution in [3.8, 4) is 0 Å². The highest BCUT2D eigenvalue weighted by Gasteiger charge is 2.30. The van der Waals surface area contributed by atoms with Crippen LogP contribution in [-0.2, 0) is 16.2 Å². The van der Waals surface area contributed by atoms with E-state index in [-0.39, 0.29) is 16.0 Å². The second kappa shape index (κ2) is 7.11. The third-order valence-corrected chi connectivity index (χ3v) is 5.10. The van der Waals surface area contributed by atoms with Gasteiger partial charge in [-0.05, 0) is 48.4 Å². The van der Waals surface area contributed by atoms with E-state index in [1.54, 1.807) is 0 Å². The van der Waals surface area contributed by atoms with E-state index >= 15 is 0 Å². The van der Waals surface area contributed by atoms with Gasteiger partial charge in [-0.2, -0.15) is 13.2 Å². The summed E-state index contributed by atoms with van der Waals surface area (Å²) in [6, 6.07) is 6.90. The molecular formula is C16H15F4NO3S. The lowest BCUT2D eigenvalue weighted by Gasteiger charge is -2.15. The first kappa shape index (κ1) is 19.4. The van der Waals surface area contributed by atoms with Crippen LogP contribution < -0.4 is 4.72 Å². The molecule has 9 heteroatoms. The van der Waals surface area contributed by atoms with Crippen molar-refractivity contribution in [3.05, 3.63) is 65.0 Å². The molecule has 2 aromatic rings. The van der Waals surface area contributed by atoms with E-state index in [2.05, 4.69) is 4.72 Å². The lowest BCUT2D eigenvalue weighted by Crippen LogP contribution is -2.29. The highest BCUT2D eigenvalue weighted by Crippen LogP contribution is 2.30. The second-order valence-electron chi connectivity index (χ2n) is 5.40. The number of hydrogen-bond acceptors (Lipinski definition) is 3. The zero-order valence-electron chi connectivity index (χ0n) is 13.0. The van der Waals surface area contributed by atoms with Gasteiger partial charge < -0.3 is 5.11 Å². The number of benzene rings is 2. The van der Waals surface area contributed by atoms with Crippen molar-refractivity contribution in [2.45, 2.75) is 24.1 Å². The molecule has 0 aliphatic heterocycles. The number of aliphatic hydroxyl groups excluding tert-OH is 1. The molecule has 0 aromatic heterocycles. The number of hydrogen-bond donors (Lipinski definition) is 2. The van der Waals surface area contributed by atoms with Crippen LogP contribution in [0.25, 0.3) is 0 Å². The van der Waals surface area contributed by atoms with Crippen molar-refractivity contribution in [2.24, 2.45) is 0 Å². The summed E-state index contributed by atoms with van der Waals surface area (Å²) in [7, 11) is -4.00. The summed E-state index contributed by atoms with van der Waals surface area (Å²) in [5.74, 6) is -0.582. The molecule has 25 heavy (non-hydrogen) atoms. The summed E-state index contributed by atoms with van der Waals surface area (Å²) in [4.78, 5) is -0.145. The first-order valence-electron chi connectivity index (χ1n) is 7.12. The Labute approximate surface area is 142 Å². The van der Waals surface area contributed by atoms with Gasteiger partial charge in [-0.1, -0.05) is 12.1 Å². The molecule has 1 unspecified atom stereocenters. The predicted octanol–water partition coefficient (Wildman–Crippen LogP) is 3.16. The van der Waals surface area contributed by atoms with Gasteiger partial charge >= 0.3 is 6.18 Å². The summed E-state index contributed by atoms with van der Waals surface area (Å²) in [6.07, 6.45) is -5.83. The lowest BCUT2D eigenvalue weighted by atomic mass is 10.1. The number of aryl methyl sites for hydroxylation is 1. The van der Waals surface area contributed by atoms with Gasteiger partial charge in [0.15, 0.2) is 0 Å². The van der Waals surface area contributed by atoms with Crippen LogP contribution in [-0.4, -0.2) is 20.1 Å². The van der Waals surface area contributed by atoms with Crippen LogP contribution in [0, 0.1) is 12.7 Å². The Morgan fingerprint density at radius 2 is 1.72 bits per heavy atom. The number of rotatable bonds is 5. The topological polar surface area (TPSA) is 66.4 Å². The van der Waals surface area contributed by atoms with Gasteiger partial charge in [0.05, 0.1) is 16.6 Å². The van der Waals surface area contributed by atoms with Crippen LogP contribution in [0.15, 0.2) is 47.4 Å². The number of halogens is 4. The van der Waals surface area contributed by atoms with Crippen LogP contribution in [0.3, 0.4) is 0 Å². The van der Waals surface area contributed by atoms with E-state index in [1.807, 2.05) is 0 Å². The highest BCUT2D eigenvalue weighted by molar-refractivity contribution is 7.89. The average molecular weight is 377 g/mol. The minimum atomic E-state index is -4.49. The van der Waals surface area contributed by atoms with E-state index in [0.717, 1.165) is 42.5 Å². The zero-order valence-corrected chi connectivity index (χ0v) is 13.8. The van der Waals surface area contributed by atoms with Crippen LogP contribution in [0.1, 0.15) is 22.8 Å². The molecule has 0 fully saturated rings. The van der Waals surface area contributed by atoms with E-state index in [9.17, 15) is 31.1 Å². The van der Waals surface area contributed by atoms with Gasteiger partial charge in [-0.3, -0.25) is 0 Å². The Morgan fingerprint density at radius 3 is 2.24 bits per heavy atom. The van der Waals surface area contributed by atoms with E-state index in [1.165, 1.54) is 6.92 Å². The number of sulfonamides is 1. The third-order valence-electron chi connectivity index (χ3n) is 3.52. The molecule has 2 rings (SSSR count). The van der Waals surface area contributed by atoms with Crippen LogP contribution in [0.5, 0.6) is 0 Å². The zero-order chi connectivity index (χ0) is 18.8. The Balaban J connectivity index is 2.09. The molecule has 0 spiro atoms. The molecule has 0 radical (unpaired) electrons. The molecule has 2 aromatic carbocycles. The maximum atomic E-state index is 13.1. The van der Waals surface area contributed by atoms with Gasteiger partial charge in [0, 0.05) is 6.54 Å². The van der Waals surface area contributed by atoms with Crippen molar-refractivity contribution in [1.82, 2.24) is 4.72 Å². The maximum Gasteiger partial charge on any atom is 0.416 e. The molecule has 1 atom stereocenters. The summed E-state index contributed by atoms with van der Waals surface area (Å²) in [5, 5.41) is 9.97. The standard InChI is InChI=1S/C16H15F4NO3S/c1-10-8-13(17)6-7-15(10)25(23,24)21-9-14(22)11-2-4-12(5-3-11)16(18,19)20/h2-8,14,21-22H,9H2,1H3. The Morgan fingerprint density at radius 1 is 1.12 bits per heavy atom. The maximum absolute atomic E-state index is 13.1. The van der Waals surface area contributed by atoms with Gasteiger partial charge in [-0.15, -0.1) is 0 Å². The van der Waals surface area contributed by atoms with Gasteiger partial charge in [0.1, 0.15) is 5.82 Å². The van der Waals surface area contributed by atoms with Crippen LogP contribution in [0.4, 0.5) is 17.6 Å². The molecule has 4 nitrogen and oxygen atoms in total. The fraction of sp³-hybridized carbons (Fsp3) is 0.250. The minimum Gasteiger partial charge on any atom is -0.387 e. The average Bonchev–Trinajstić information content (AvgIpc) is 2.51. The summed E-state index contributed by atoms with van der Waals surface area (Å²) in [5.41, 5.74) is -0.547. The number of alkyl halides is 3. The molecular weight excluding hydrogens is 362 g/mol. The van der Waals surface area contributed by atoms with Crippen LogP contribution >= 0.6 is 0 Å². The van der Waals surface area contributed by atoms with Crippen molar-refractivity contribution in [2.75, 3.05) is 6.54 Å². The Bertz CT molecular complexity index is 849. The van der Waals surface area contributed by atoms with E-state index in [4.69, 9.17) is 0 Å². The highest BCUT2D eigenvalue weighted by atomic mass is 32.2. The first-order chi connectivity index (χ1) is 11.5. The predicted molar refractivity (Wildman–Crippen MR) is 82.7 cm³/mol. The molecule has 0 saturated heterocycles. The quantitative estimate of drug-likeness (QED) is 0.787. The minimum absolute atomic E-state index is 0.131. The largest absolute Gasteiger partial charge is 0.416 e. The molecule has 0 bridgehead atoms. The van der Waals surface area contributed by atoms with Crippen molar-refractivity contribution >= 4 is 10.0 Å². The van der Waals surface area contributed by atoms with Crippen LogP contribution in [0.2, 0.25) is 0 Å². The van der Waals surface area contributed by atoms with Crippen molar-refractivity contribution < 1.29 is 31.1 Å². The summed E-state index contributed by atoms with van der Waals surface area (Å²) < 4.78 is 77.1. The third kappa shape index (κ3) is 4.77. The summed E-state index contributed by atoms with van der Waals surface area (Å²) >= 11 is 0. The van der Waals surface area contributed by atoms with Gasteiger partial charge in [-0.25, -0.2) is 17.5 Å². The Hall–Kier alpha value is -1.97. The molecule has 0 aliphatic rings. The summed E-state index contributed by atoms with van der Waals surface area (Å²) in [6.45, 7) is 0.981. The molecule has 0 amide bonds. The molecule has 0 aliphatic carbocycles. The lowest BCUT2D eigenvalue weighted by molar-refractivity contribution is -0.137. The molecule has 2 N–H and O–H groups in total. The molecule has 136 valence electrons. The number of nitrogens with one attached hydrogen (secondary N) is 1. The van der Waals surface area contributed by atoms with E-state index in [0.29, 0.717) is 0 Å². The van der Waals surface area contributed by atoms with Crippen molar-refractivity contribution in [1.29, 1.82) is 0 Å². The monoisotopic (exact) mass is 377 g/mol. The molecule has 0 heterocycles. The SMILES string of the molecule is Cc1cc(F)ccc1S(=O)(=O)NCC(O)c1ccc(C(F)(F)F)cc1. The first-order valence-corrected chi connectivity index (χ1v) is 8.60. The fourth-order valence-corrected chi connectivity index (χ4v) is 3.46. The van der Waals surface area contributed by atoms with Crippen molar-refractivity contribution in [3.63, 3.8) is 0 Å². The van der Waals surface area contributed by atoms with E-state index < -0.39 is 40.2 Å². The smallest absolute Gasteiger partial charge is 0.387 e. The second-order valence-corrected chi connectivity index (χ2v) is 7.13. The van der Waals surface area contributed by atoms with Gasteiger partial charge in [0.2, 0.25) is 10.0 Å². The fourth-order valence-electron chi connectivity index (χ4n) is 2.19. The van der Waals surface area contributed by atoms with Gasteiger partial charge in [0.25, 0.3) is 0 Å². The molecule has 0 saturated carbocycles.